The van der Waals surface area contributed by atoms with Crippen molar-refractivity contribution in [3.63, 3.8) is 0 Å². The van der Waals surface area contributed by atoms with E-state index < -0.39 is 0 Å². The quantitative estimate of drug-likeness (QED) is 0.420. The number of hydrogen-bond acceptors (Lipinski definition) is 4. The van der Waals surface area contributed by atoms with Crippen molar-refractivity contribution >= 4 is 29.1 Å². The van der Waals surface area contributed by atoms with E-state index in [9.17, 15) is 0 Å². The molecule has 11 atom stereocenters. The number of aliphatic imine (C=N–C) groups is 1. The van der Waals surface area contributed by atoms with Crippen molar-refractivity contribution in [2.75, 3.05) is 0 Å². The van der Waals surface area contributed by atoms with E-state index in [0.717, 1.165) is 34.7 Å². The molecule has 1 aromatic rings. The summed E-state index contributed by atoms with van der Waals surface area (Å²) in [4.78, 5) is 8.88. The van der Waals surface area contributed by atoms with Crippen molar-refractivity contribution in [1.82, 2.24) is 4.90 Å². The minimum absolute atomic E-state index is 0.410. The lowest BCUT2D eigenvalue weighted by Gasteiger charge is -2.70. The number of fused-ring (bicyclic) bond motifs is 5. The SMILES string of the molecule is CC12CCC(C)(CC1)C1C3N=C4SC5CCCC6CC7Oc8ccccc8B8C(CC12)C3N4C(C87)C65. The minimum atomic E-state index is 0.410. The van der Waals surface area contributed by atoms with Gasteiger partial charge in [-0.3, -0.25) is 4.99 Å². The van der Waals surface area contributed by atoms with Gasteiger partial charge >= 0.3 is 0 Å². The van der Waals surface area contributed by atoms with E-state index in [1.165, 1.54) is 68.7 Å². The Balaban J connectivity index is 1.21. The lowest BCUT2D eigenvalue weighted by molar-refractivity contribution is -0.143. The zero-order valence-corrected chi connectivity index (χ0v) is 22.6. The van der Waals surface area contributed by atoms with Gasteiger partial charge in [0.05, 0.1) is 18.2 Å². The summed E-state index contributed by atoms with van der Waals surface area (Å²) < 4.78 is 6.98. The van der Waals surface area contributed by atoms with E-state index in [2.05, 4.69) is 54.8 Å². The highest BCUT2D eigenvalue weighted by atomic mass is 32.2. The minimum Gasteiger partial charge on any atom is -0.491 e. The molecule has 5 heteroatoms. The molecule has 4 aliphatic heterocycles. The Labute approximate surface area is 220 Å². The first-order valence-corrected chi connectivity index (χ1v) is 16.2. The molecular formula is C31H39BN2OS. The van der Waals surface area contributed by atoms with E-state index in [0.29, 0.717) is 47.6 Å². The van der Waals surface area contributed by atoms with Crippen LogP contribution < -0.4 is 10.2 Å². The number of thioether (sulfide) groups is 1. The fourth-order valence-corrected chi connectivity index (χ4v) is 14.2. The maximum Gasteiger partial charge on any atom is 0.195 e. The number of hydrogen-bond donors (Lipinski definition) is 0. The molecule has 0 radical (unpaired) electrons. The van der Waals surface area contributed by atoms with Crippen LogP contribution in [0.2, 0.25) is 11.6 Å². The summed E-state index contributed by atoms with van der Waals surface area (Å²) in [7, 11) is 0. The standard InChI is InChI=1S/C31H39BN2OS/c1-30-10-12-31(2,13-11-30)24-17(30)15-19-27-26(24)33-29-34(27)28-23-16(6-5-9-22(23)36-29)14-21-25(28)32(19)18-7-3-4-8-20(18)35-21/h3-4,7-8,16-17,19,21-28H,5-6,9-15H2,1-2H3. The molecule has 0 N–H and O–H groups in total. The van der Waals surface area contributed by atoms with Crippen LogP contribution in [-0.2, 0) is 0 Å². The summed E-state index contributed by atoms with van der Waals surface area (Å²) in [5, 5.41) is 2.28. The maximum absolute atomic E-state index is 6.98. The first-order chi connectivity index (χ1) is 17.5. The van der Waals surface area contributed by atoms with Gasteiger partial charge in [0.2, 0.25) is 0 Å². The second-order valence-corrected chi connectivity index (χ2v) is 16.3. The Morgan fingerprint density at radius 1 is 1.03 bits per heavy atom. The summed E-state index contributed by atoms with van der Waals surface area (Å²) in [5.41, 5.74) is 2.61. The molecule has 6 aliphatic carbocycles. The number of benzene rings is 1. The molecule has 0 amide bonds. The van der Waals surface area contributed by atoms with Gasteiger partial charge in [-0.1, -0.05) is 56.7 Å². The van der Waals surface area contributed by atoms with Gasteiger partial charge in [0.1, 0.15) is 5.75 Å². The van der Waals surface area contributed by atoms with Crippen LogP contribution in [0.4, 0.5) is 0 Å². The maximum atomic E-state index is 6.98. The lowest BCUT2D eigenvalue weighted by atomic mass is 9.21. The second kappa shape index (κ2) is 6.54. The molecule has 3 nitrogen and oxygen atoms in total. The molecule has 1 aromatic carbocycles. The van der Waals surface area contributed by atoms with Crippen LogP contribution in [0.3, 0.4) is 0 Å². The van der Waals surface area contributed by atoms with Crippen molar-refractivity contribution in [1.29, 1.82) is 0 Å². The fourth-order valence-electron chi connectivity index (χ4n) is 12.6. The Morgan fingerprint density at radius 2 is 1.86 bits per heavy atom. The number of para-hydroxylation sites is 1. The number of ether oxygens (including phenoxy) is 1. The zero-order chi connectivity index (χ0) is 23.6. The second-order valence-electron chi connectivity index (χ2n) is 15.1. The molecule has 10 aliphatic rings. The van der Waals surface area contributed by atoms with Crippen molar-refractivity contribution < 1.29 is 4.74 Å². The van der Waals surface area contributed by atoms with Crippen LogP contribution in [0.15, 0.2) is 29.3 Å². The van der Waals surface area contributed by atoms with Gasteiger partial charge in [0, 0.05) is 17.1 Å². The third-order valence-corrected chi connectivity index (χ3v) is 15.3. The molecule has 0 spiro atoms. The molecule has 6 saturated carbocycles. The third kappa shape index (κ3) is 2.25. The average molecular weight is 499 g/mol. The Bertz CT molecular complexity index is 1190. The number of rotatable bonds is 0. The molecular weight excluding hydrogens is 459 g/mol. The van der Waals surface area contributed by atoms with Gasteiger partial charge in [-0.15, -0.1) is 0 Å². The van der Waals surface area contributed by atoms with Crippen LogP contribution in [0.25, 0.3) is 0 Å². The Hall–Kier alpha value is -1.10. The summed E-state index contributed by atoms with van der Waals surface area (Å²) >= 11 is 2.24. The van der Waals surface area contributed by atoms with Crippen LogP contribution in [0.5, 0.6) is 5.75 Å². The molecule has 188 valence electrons. The van der Waals surface area contributed by atoms with Crippen LogP contribution in [0, 0.1) is 34.5 Å². The van der Waals surface area contributed by atoms with E-state index in [4.69, 9.17) is 9.73 Å². The molecule has 4 heterocycles. The molecule has 2 bridgehead atoms. The van der Waals surface area contributed by atoms with Crippen LogP contribution in [0.1, 0.15) is 71.6 Å². The normalized spacial score (nSPS) is 56.3. The topological polar surface area (TPSA) is 24.8 Å². The van der Waals surface area contributed by atoms with Crippen molar-refractivity contribution in [3.8, 4) is 5.75 Å². The average Bonchev–Trinajstić information content (AvgIpc) is 3.27. The number of nitrogens with zero attached hydrogens (tertiary/aromatic N) is 2. The Kier molecular flexibility index (Phi) is 3.78. The van der Waals surface area contributed by atoms with Crippen molar-refractivity contribution in [2.45, 2.75) is 113 Å². The van der Waals surface area contributed by atoms with Gasteiger partial charge in [-0.2, -0.15) is 0 Å². The van der Waals surface area contributed by atoms with E-state index in [-0.39, 0.29) is 0 Å². The van der Waals surface area contributed by atoms with Crippen LogP contribution >= 0.6 is 11.8 Å². The fraction of sp³-hybridized carbons (Fsp3) is 0.774. The first kappa shape index (κ1) is 20.8. The van der Waals surface area contributed by atoms with E-state index in [1.807, 2.05) is 0 Å². The molecule has 11 unspecified atom stereocenters. The molecule has 2 saturated heterocycles. The van der Waals surface area contributed by atoms with Gasteiger partial charge < -0.3 is 9.64 Å². The van der Waals surface area contributed by atoms with Crippen molar-refractivity contribution in [3.05, 3.63) is 24.3 Å². The predicted molar refractivity (Wildman–Crippen MR) is 147 cm³/mol. The summed E-state index contributed by atoms with van der Waals surface area (Å²) in [6, 6.07) is 11.1. The number of amidine groups is 1. The summed E-state index contributed by atoms with van der Waals surface area (Å²) in [5.74, 6) is 5.99. The van der Waals surface area contributed by atoms with Gasteiger partial charge in [0.25, 0.3) is 0 Å². The highest BCUT2D eigenvalue weighted by molar-refractivity contribution is 8.14. The summed E-state index contributed by atoms with van der Waals surface area (Å²) in [6.45, 7) is 6.03. The highest BCUT2D eigenvalue weighted by Gasteiger charge is 2.73. The predicted octanol–water partition coefficient (Wildman–Crippen LogP) is 5.85. The largest absolute Gasteiger partial charge is 0.491 e. The molecule has 0 aromatic heterocycles. The van der Waals surface area contributed by atoms with Crippen molar-refractivity contribution in [2.24, 2.45) is 39.5 Å². The van der Waals surface area contributed by atoms with E-state index in [1.54, 1.807) is 5.46 Å². The van der Waals surface area contributed by atoms with E-state index >= 15 is 0 Å². The van der Waals surface area contributed by atoms with Gasteiger partial charge in [-0.25, -0.2) is 0 Å². The van der Waals surface area contributed by atoms with Crippen LogP contribution in [-0.4, -0.2) is 46.3 Å². The smallest absolute Gasteiger partial charge is 0.195 e. The third-order valence-electron chi connectivity index (χ3n) is 14.0. The summed E-state index contributed by atoms with van der Waals surface area (Å²) in [6.07, 6.45) is 13.2. The Morgan fingerprint density at radius 3 is 2.75 bits per heavy atom. The lowest BCUT2D eigenvalue weighted by Crippen LogP contribution is -2.76. The molecule has 11 rings (SSSR count). The van der Waals surface area contributed by atoms with Gasteiger partial charge in [-0.05, 0) is 96.8 Å². The molecule has 36 heavy (non-hydrogen) atoms. The first-order valence-electron chi connectivity index (χ1n) is 15.3. The zero-order valence-electron chi connectivity index (χ0n) is 21.8. The highest BCUT2D eigenvalue weighted by Crippen LogP contribution is 2.72. The van der Waals surface area contributed by atoms with Gasteiger partial charge in [0.15, 0.2) is 11.9 Å². The monoisotopic (exact) mass is 498 g/mol. The molecule has 8 fully saturated rings.